The average Bonchev–Trinajstić information content (AvgIpc) is 3.06. The minimum atomic E-state index is -0.389. The third-order valence-electron chi connectivity index (χ3n) is 8.14. The lowest BCUT2D eigenvalue weighted by atomic mass is 9.94. The highest BCUT2D eigenvalue weighted by atomic mass is 16.5. The molecule has 0 radical (unpaired) electrons. The molecule has 1 aliphatic heterocycles. The molecular weight excluding hydrogens is 538 g/mol. The molecule has 43 heavy (non-hydrogen) atoms. The molecule has 1 heterocycles. The molecule has 0 saturated heterocycles. The van der Waals surface area contributed by atoms with E-state index in [-0.39, 0.29) is 36.6 Å². The molecule has 0 aliphatic carbocycles. The smallest absolute Gasteiger partial charge is 0.321 e. The molecule has 0 spiro atoms. The molecule has 4 aromatic carbocycles. The molecule has 0 bridgehead atoms. The number of amides is 3. The van der Waals surface area contributed by atoms with Gasteiger partial charge in [-0.05, 0) is 52.9 Å². The Bertz CT molecular complexity index is 1540. The maximum atomic E-state index is 14.0. The van der Waals surface area contributed by atoms with E-state index in [0.717, 1.165) is 27.8 Å². The predicted octanol–water partition coefficient (Wildman–Crippen LogP) is 6.54. The Labute approximate surface area is 253 Å². The van der Waals surface area contributed by atoms with Gasteiger partial charge in [0.1, 0.15) is 0 Å². The lowest BCUT2D eigenvalue weighted by molar-refractivity contribution is -0.0178. The SMILES string of the molecule is C[C@@H]1CN([C@H](C)CO)C(=O)c2ccccc2-c2ccccc2CO[C@@H]1CN(C)C(=O)Nc1ccc(-c2ccccc2)cc1. The molecule has 3 amide bonds. The van der Waals surface area contributed by atoms with Gasteiger partial charge in [0, 0.05) is 37.3 Å². The molecule has 4 aromatic rings. The van der Waals surface area contributed by atoms with Crippen LogP contribution >= 0.6 is 0 Å². The lowest BCUT2D eigenvalue weighted by Crippen LogP contribution is -2.48. The fourth-order valence-electron chi connectivity index (χ4n) is 5.50. The van der Waals surface area contributed by atoms with Gasteiger partial charge in [-0.25, -0.2) is 4.79 Å². The van der Waals surface area contributed by atoms with Crippen LogP contribution in [0.3, 0.4) is 0 Å². The van der Waals surface area contributed by atoms with Crippen LogP contribution in [0.15, 0.2) is 103 Å². The number of benzene rings is 4. The number of aliphatic hydroxyl groups is 1. The number of hydrogen-bond donors (Lipinski definition) is 2. The quantitative estimate of drug-likeness (QED) is 0.273. The molecule has 5 rings (SSSR count). The van der Waals surface area contributed by atoms with Crippen LogP contribution in [-0.2, 0) is 11.3 Å². The van der Waals surface area contributed by atoms with E-state index in [0.29, 0.717) is 30.9 Å². The van der Waals surface area contributed by atoms with Crippen LogP contribution in [0, 0.1) is 5.92 Å². The molecule has 0 saturated carbocycles. The Kier molecular flexibility index (Phi) is 9.55. The number of aliphatic hydroxyl groups excluding tert-OH is 1. The number of hydrogen-bond acceptors (Lipinski definition) is 4. The summed E-state index contributed by atoms with van der Waals surface area (Å²) in [5.41, 5.74) is 6.22. The fourth-order valence-corrected chi connectivity index (χ4v) is 5.50. The molecule has 3 atom stereocenters. The van der Waals surface area contributed by atoms with Crippen LogP contribution in [0.1, 0.15) is 29.8 Å². The Morgan fingerprint density at radius 3 is 2.21 bits per heavy atom. The molecule has 222 valence electrons. The summed E-state index contributed by atoms with van der Waals surface area (Å²) in [6, 6.07) is 32.8. The van der Waals surface area contributed by atoms with E-state index < -0.39 is 0 Å². The zero-order valence-corrected chi connectivity index (χ0v) is 24.9. The van der Waals surface area contributed by atoms with Gasteiger partial charge < -0.3 is 25.0 Å². The highest BCUT2D eigenvalue weighted by molar-refractivity contribution is 6.01. The fraction of sp³-hybridized carbons (Fsp3) is 0.278. The average molecular weight is 578 g/mol. The van der Waals surface area contributed by atoms with Crippen LogP contribution in [0.2, 0.25) is 0 Å². The first kappa shape index (κ1) is 30.0. The van der Waals surface area contributed by atoms with Crippen LogP contribution in [0.5, 0.6) is 0 Å². The van der Waals surface area contributed by atoms with Gasteiger partial charge in [0.05, 0.1) is 25.4 Å². The predicted molar refractivity (Wildman–Crippen MR) is 171 cm³/mol. The van der Waals surface area contributed by atoms with Crippen molar-refractivity contribution < 1.29 is 19.4 Å². The maximum absolute atomic E-state index is 14.0. The van der Waals surface area contributed by atoms with Crippen LogP contribution in [0.4, 0.5) is 10.5 Å². The molecule has 0 unspecified atom stereocenters. The summed E-state index contributed by atoms with van der Waals surface area (Å²) in [6.45, 7) is 4.73. The van der Waals surface area contributed by atoms with Crippen molar-refractivity contribution in [1.29, 1.82) is 0 Å². The number of fused-ring (bicyclic) bond motifs is 3. The van der Waals surface area contributed by atoms with Gasteiger partial charge in [-0.3, -0.25) is 4.79 Å². The van der Waals surface area contributed by atoms with Gasteiger partial charge in [-0.2, -0.15) is 0 Å². The van der Waals surface area contributed by atoms with Gasteiger partial charge in [0.15, 0.2) is 0 Å². The number of nitrogens with zero attached hydrogens (tertiary/aromatic N) is 2. The highest BCUT2D eigenvalue weighted by Gasteiger charge is 2.31. The van der Waals surface area contributed by atoms with Crippen molar-refractivity contribution in [2.24, 2.45) is 5.92 Å². The molecular formula is C36H39N3O4. The highest BCUT2D eigenvalue weighted by Crippen LogP contribution is 2.31. The number of rotatable bonds is 6. The van der Waals surface area contributed by atoms with Gasteiger partial charge in [-0.1, -0.05) is 91.9 Å². The maximum Gasteiger partial charge on any atom is 0.321 e. The molecule has 0 fully saturated rings. The van der Waals surface area contributed by atoms with Crippen molar-refractivity contribution in [3.8, 4) is 22.3 Å². The molecule has 2 N–H and O–H groups in total. The second kappa shape index (κ2) is 13.7. The number of anilines is 1. The van der Waals surface area contributed by atoms with Crippen molar-refractivity contribution in [3.05, 3.63) is 114 Å². The number of urea groups is 1. The lowest BCUT2D eigenvalue weighted by Gasteiger charge is -2.35. The van der Waals surface area contributed by atoms with E-state index >= 15 is 0 Å². The van der Waals surface area contributed by atoms with E-state index in [1.165, 1.54) is 0 Å². The largest absolute Gasteiger partial charge is 0.394 e. The van der Waals surface area contributed by atoms with Crippen molar-refractivity contribution >= 4 is 17.6 Å². The van der Waals surface area contributed by atoms with E-state index in [4.69, 9.17) is 4.74 Å². The van der Waals surface area contributed by atoms with E-state index in [1.54, 1.807) is 16.8 Å². The van der Waals surface area contributed by atoms with E-state index in [2.05, 4.69) is 17.4 Å². The first-order valence-electron chi connectivity index (χ1n) is 14.7. The number of ether oxygens (including phenoxy) is 1. The minimum Gasteiger partial charge on any atom is -0.394 e. The van der Waals surface area contributed by atoms with Crippen molar-refractivity contribution in [2.45, 2.75) is 32.6 Å². The Morgan fingerprint density at radius 2 is 1.51 bits per heavy atom. The third kappa shape index (κ3) is 6.96. The monoisotopic (exact) mass is 577 g/mol. The molecule has 7 nitrogen and oxygen atoms in total. The molecule has 0 aromatic heterocycles. The summed E-state index contributed by atoms with van der Waals surface area (Å²) in [5.74, 6) is -0.264. The van der Waals surface area contributed by atoms with Crippen LogP contribution in [-0.4, -0.2) is 65.7 Å². The Hall–Kier alpha value is -4.46. The first-order chi connectivity index (χ1) is 20.9. The van der Waals surface area contributed by atoms with Crippen LogP contribution in [0.25, 0.3) is 22.3 Å². The summed E-state index contributed by atoms with van der Waals surface area (Å²) >= 11 is 0. The molecule has 1 aliphatic rings. The van der Waals surface area contributed by atoms with E-state index in [1.807, 2.05) is 105 Å². The summed E-state index contributed by atoms with van der Waals surface area (Å²) in [4.78, 5) is 30.6. The Balaban J connectivity index is 1.36. The van der Waals surface area contributed by atoms with Crippen molar-refractivity contribution in [1.82, 2.24) is 9.80 Å². The van der Waals surface area contributed by atoms with E-state index in [9.17, 15) is 14.7 Å². The van der Waals surface area contributed by atoms with Crippen molar-refractivity contribution in [2.75, 3.05) is 32.1 Å². The number of nitrogens with one attached hydrogen (secondary N) is 1. The summed E-state index contributed by atoms with van der Waals surface area (Å²) in [7, 11) is 1.75. The summed E-state index contributed by atoms with van der Waals surface area (Å²) in [5, 5.41) is 13.0. The summed E-state index contributed by atoms with van der Waals surface area (Å²) in [6.07, 6.45) is -0.369. The second-order valence-electron chi connectivity index (χ2n) is 11.3. The van der Waals surface area contributed by atoms with Crippen molar-refractivity contribution in [3.63, 3.8) is 0 Å². The number of likely N-dealkylation sites (N-methyl/N-ethyl adjacent to an activating group) is 1. The standard InChI is InChI=1S/C36H39N3O4/c1-25-21-39(26(2)23-40)35(41)33-16-10-9-15-32(33)31-14-8-7-13-29(31)24-43-34(25)22-38(3)36(42)37-30-19-17-28(18-20-30)27-11-5-4-6-12-27/h4-20,25-26,34,40H,21-24H2,1-3H3,(H,37,42)/t25-,26-,34-/m1/s1. The summed E-state index contributed by atoms with van der Waals surface area (Å²) < 4.78 is 6.54. The topological polar surface area (TPSA) is 82.1 Å². The van der Waals surface area contributed by atoms with Gasteiger partial charge >= 0.3 is 6.03 Å². The van der Waals surface area contributed by atoms with Crippen LogP contribution < -0.4 is 5.32 Å². The first-order valence-corrected chi connectivity index (χ1v) is 14.7. The second-order valence-corrected chi connectivity index (χ2v) is 11.3. The Morgan fingerprint density at radius 1 is 0.907 bits per heavy atom. The number of carbonyl (C=O) groups excluding carboxylic acids is 2. The van der Waals surface area contributed by atoms with Gasteiger partial charge in [0.2, 0.25) is 0 Å². The minimum absolute atomic E-state index is 0.129. The third-order valence-corrected chi connectivity index (χ3v) is 8.14. The van der Waals surface area contributed by atoms with Gasteiger partial charge in [0.25, 0.3) is 5.91 Å². The number of carbonyl (C=O) groups is 2. The molecule has 7 heteroatoms. The van der Waals surface area contributed by atoms with Gasteiger partial charge in [-0.15, -0.1) is 0 Å². The normalized spacial score (nSPS) is 17.7. The zero-order valence-electron chi connectivity index (χ0n) is 24.9. The zero-order chi connectivity index (χ0) is 30.3.